The summed E-state index contributed by atoms with van der Waals surface area (Å²) in [6.07, 6.45) is 1.54. The van der Waals surface area contributed by atoms with Gasteiger partial charge in [0.25, 0.3) is 10.0 Å². The van der Waals surface area contributed by atoms with Crippen molar-refractivity contribution in [3.8, 4) is 0 Å². The van der Waals surface area contributed by atoms with Gasteiger partial charge in [-0.25, -0.2) is 18.1 Å². The molecule has 0 unspecified atom stereocenters. The van der Waals surface area contributed by atoms with E-state index in [9.17, 15) is 8.42 Å². The van der Waals surface area contributed by atoms with Crippen molar-refractivity contribution in [3.05, 3.63) is 22.4 Å². The Labute approximate surface area is 112 Å². The Morgan fingerprint density at radius 3 is 2.89 bits per heavy atom. The van der Waals surface area contributed by atoms with Crippen molar-refractivity contribution in [1.82, 2.24) is 19.8 Å². The van der Waals surface area contributed by atoms with E-state index in [1.54, 1.807) is 6.92 Å². The molecule has 0 saturated heterocycles. The zero-order valence-corrected chi connectivity index (χ0v) is 11.6. The second-order valence-corrected chi connectivity index (χ2v) is 6.88. The largest absolute Gasteiger partial charge is 0.343 e. The molecular formula is C8H9ClN4O3S2. The topological polar surface area (TPSA) is 98.0 Å². The highest BCUT2D eigenvalue weighted by Gasteiger charge is 2.20. The molecule has 0 fully saturated rings. The molecule has 0 amide bonds. The fraction of sp³-hybridized carbons (Fsp3) is 0.375. The first-order valence-electron chi connectivity index (χ1n) is 4.87. The van der Waals surface area contributed by atoms with Crippen LogP contribution < -0.4 is 4.72 Å². The van der Waals surface area contributed by atoms with Crippen molar-refractivity contribution in [1.29, 1.82) is 0 Å². The Morgan fingerprint density at radius 1 is 1.56 bits per heavy atom. The fourth-order valence-electron chi connectivity index (χ4n) is 1.27. The Bertz CT molecular complexity index is 623. The van der Waals surface area contributed by atoms with Crippen molar-refractivity contribution in [3.63, 3.8) is 0 Å². The molecule has 2 heterocycles. The second kappa shape index (κ2) is 5.31. The van der Waals surface area contributed by atoms with E-state index >= 15 is 0 Å². The summed E-state index contributed by atoms with van der Waals surface area (Å²) < 4.78 is 31.2. The number of hydrogen-bond acceptors (Lipinski definition) is 7. The first-order valence-corrected chi connectivity index (χ1v) is 7.54. The second-order valence-electron chi connectivity index (χ2n) is 3.33. The van der Waals surface area contributed by atoms with Crippen LogP contribution in [0.2, 0.25) is 4.47 Å². The summed E-state index contributed by atoms with van der Waals surface area (Å²) in [5.74, 6) is 0.441. The SMILES string of the molecule is Cc1nc(Cl)sc1S(=O)(=O)NCCc1ncon1. The first-order chi connectivity index (χ1) is 8.49. The van der Waals surface area contributed by atoms with Crippen LogP contribution >= 0.6 is 22.9 Å². The molecule has 7 nitrogen and oxygen atoms in total. The molecule has 0 atom stereocenters. The summed E-state index contributed by atoms with van der Waals surface area (Å²) in [6.45, 7) is 1.77. The Kier molecular flexibility index (Phi) is 3.95. The van der Waals surface area contributed by atoms with Crippen LogP contribution in [0.3, 0.4) is 0 Å². The van der Waals surface area contributed by atoms with E-state index in [-0.39, 0.29) is 15.2 Å². The lowest BCUT2D eigenvalue weighted by Gasteiger charge is -2.03. The summed E-state index contributed by atoms with van der Waals surface area (Å²) in [4.78, 5) is 7.65. The molecular weight excluding hydrogens is 300 g/mol. The van der Waals surface area contributed by atoms with Crippen LogP contribution in [0.15, 0.2) is 15.1 Å². The third-order valence-corrected chi connectivity index (χ3v) is 5.35. The number of aromatic nitrogens is 3. The zero-order valence-electron chi connectivity index (χ0n) is 9.25. The number of rotatable bonds is 5. The van der Waals surface area contributed by atoms with E-state index in [2.05, 4.69) is 24.4 Å². The van der Waals surface area contributed by atoms with Crippen LogP contribution in [0.4, 0.5) is 0 Å². The van der Waals surface area contributed by atoms with Crippen molar-refractivity contribution in [2.24, 2.45) is 0 Å². The Hall–Kier alpha value is -1.03. The Morgan fingerprint density at radius 2 is 2.33 bits per heavy atom. The predicted octanol–water partition coefficient (Wildman–Crippen LogP) is 1.01. The van der Waals surface area contributed by atoms with Gasteiger partial charge in [-0.15, -0.1) is 0 Å². The van der Waals surface area contributed by atoms with Gasteiger partial charge in [0, 0.05) is 13.0 Å². The van der Waals surface area contributed by atoms with E-state index in [4.69, 9.17) is 11.6 Å². The van der Waals surface area contributed by atoms with Gasteiger partial charge in [-0.05, 0) is 6.92 Å². The molecule has 0 aliphatic carbocycles. The lowest BCUT2D eigenvalue weighted by molar-refractivity contribution is 0.410. The summed E-state index contributed by atoms with van der Waals surface area (Å²) in [7, 11) is -3.59. The number of hydrogen-bond donors (Lipinski definition) is 1. The van der Waals surface area contributed by atoms with E-state index in [1.807, 2.05) is 0 Å². The molecule has 2 rings (SSSR count). The quantitative estimate of drug-likeness (QED) is 0.885. The van der Waals surface area contributed by atoms with Gasteiger partial charge >= 0.3 is 0 Å². The van der Waals surface area contributed by atoms with Crippen LogP contribution in [0.25, 0.3) is 0 Å². The Balaban J connectivity index is 2.02. The van der Waals surface area contributed by atoms with Gasteiger partial charge in [0.05, 0.1) is 5.69 Å². The fourth-order valence-corrected chi connectivity index (χ4v) is 4.08. The third kappa shape index (κ3) is 3.05. The lowest BCUT2D eigenvalue weighted by Crippen LogP contribution is -2.26. The van der Waals surface area contributed by atoms with Gasteiger partial charge in [0.1, 0.15) is 0 Å². The van der Waals surface area contributed by atoms with Crippen molar-refractivity contribution >= 4 is 33.0 Å². The van der Waals surface area contributed by atoms with Crippen molar-refractivity contribution in [2.75, 3.05) is 6.54 Å². The first kappa shape index (κ1) is 13.4. The number of aryl methyl sites for hydroxylation is 1. The minimum atomic E-state index is -3.59. The maximum atomic E-state index is 11.9. The van der Waals surface area contributed by atoms with Gasteiger partial charge in [-0.1, -0.05) is 28.1 Å². The predicted molar refractivity (Wildman–Crippen MR) is 65.1 cm³/mol. The van der Waals surface area contributed by atoms with Gasteiger partial charge in [-0.2, -0.15) is 4.98 Å². The highest BCUT2D eigenvalue weighted by atomic mass is 35.5. The van der Waals surface area contributed by atoms with E-state index in [0.29, 0.717) is 17.9 Å². The van der Waals surface area contributed by atoms with Gasteiger partial charge in [-0.3, -0.25) is 0 Å². The van der Waals surface area contributed by atoms with Crippen molar-refractivity contribution in [2.45, 2.75) is 17.6 Å². The highest BCUT2D eigenvalue weighted by Crippen LogP contribution is 2.26. The standard InChI is InChI=1S/C8H9ClN4O3S2/c1-5-7(17-8(9)12-5)18(14,15)11-3-2-6-10-4-16-13-6/h4,11H,2-3H2,1H3. The van der Waals surface area contributed by atoms with Crippen LogP contribution in [0.5, 0.6) is 0 Å². The van der Waals surface area contributed by atoms with Gasteiger partial charge < -0.3 is 4.52 Å². The van der Waals surface area contributed by atoms with E-state index in [1.165, 1.54) is 6.39 Å². The minimum Gasteiger partial charge on any atom is -0.343 e. The van der Waals surface area contributed by atoms with E-state index in [0.717, 1.165) is 11.3 Å². The molecule has 0 bridgehead atoms. The molecule has 1 N–H and O–H groups in total. The average Bonchev–Trinajstić information content (AvgIpc) is 2.88. The van der Waals surface area contributed by atoms with Crippen LogP contribution in [-0.4, -0.2) is 30.1 Å². The van der Waals surface area contributed by atoms with E-state index < -0.39 is 10.0 Å². The number of sulfonamides is 1. The van der Waals surface area contributed by atoms with Gasteiger partial charge in [0.2, 0.25) is 6.39 Å². The molecule has 0 aliphatic rings. The lowest BCUT2D eigenvalue weighted by atomic mass is 10.4. The molecule has 2 aromatic rings. The molecule has 18 heavy (non-hydrogen) atoms. The zero-order chi connectivity index (χ0) is 13.2. The third-order valence-electron chi connectivity index (χ3n) is 2.02. The molecule has 0 aliphatic heterocycles. The van der Waals surface area contributed by atoms with Gasteiger partial charge in [0.15, 0.2) is 14.5 Å². The van der Waals surface area contributed by atoms with Crippen LogP contribution in [0.1, 0.15) is 11.5 Å². The summed E-state index contributed by atoms with van der Waals surface area (Å²) in [5, 5.41) is 3.58. The smallest absolute Gasteiger partial charge is 0.251 e. The molecule has 0 spiro atoms. The minimum absolute atomic E-state index is 0.126. The van der Waals surface area contributed by atoms with Crippen LogP contribution in [-0.2, 0) is 16.4 Å². The summed E-state index contributed by atoms with van der Waals surface area (Å²) in [6, 6.07) is 0. The number of thiazole rings is 1. The molecule has 10 heteroatoms. The summed E-state index contributed by atoms with van der Waals surface area (Å²) >= 11 is 6.59. The number of nitrogens with one attached hydrogen (secondary N) is 1. The molecule has 98 valence electrons. The molecule has 0 saturated carbocycles. The molecule has 2 aromatic heterocycles. The maximum absolute atomic E-state index is 11.9. The molecule has 0 radical (unpaired) electrons. The highest BCUT2D eigenvalue weighted by molar-refractivity contribution is 7.91. The monoisotopic (exact) mass is 308 g/mol. The average molecular weight is 309 g/mol. The van der Waals surface area contributed by atoms with Crippen molar-refractivity contribution < 1.29 is 12.9 Å². The number of halogens is 1. The summed E-state index contributed by atoms with van der Waals surface area (Å²) in [5.41, 5.74) is 0.386. The maximum Gasteiger partial charge on any atom is 0.251 e. The normalized spacial score (nSPS) is 11.9. The molecule has 0 aromatic carbocycles. The number of nitrogens with zero attached hydrogens (tertiary/aromatic N) is 3. The van der Waals surface area contributed by atoms with Crippen LogP contribution in [0, 0.1) is 6.92 Å².